The maximum absolute atomic E-state index is 4.24. The van der Waals surface area contributed by atoms with Crippen molar-refractivity contribution in [3.63, 3.8) is 0 Å². The largest absolute Gasteiger partial charge is 0.376 e. The third-order valence-corrected chi connectivity index (χ3v) is 2.67. The second-order valence-corrected chi connectivity index (χ2v) is 4.36. The second-order valence-electron chi connectivity index (χ2n) is 4.36. The number of nitrogens with one attached hydrogen (secondary N) is 2. The number of hydrogen-bond acceptors (Lipinski definition) is 5. The van der Waals surface area contributed by atoms with Crippen LogP contribution in [0.25, 0.3) is 0 Å². The Kier molecular flexibility index (Phi) is 4.18. The van der Waals surface area contributed by atoms with Crippen molar-refractivity contribution in [1.29, 1.82) is 0 Å². The van der Waals surface area contributed by atoms with E-state index in [0.717, 1.165) is 29.6 Å². The Morgan fingerprint density at radius 3 is 2.58 bits per heavy atom. The SMILES string of the molecule is CCNc1cc(Nc2ccccc2N(C)C)ncn1. The van der Waals surface area contributed by atoms with Gasteiger partial charge in [-0.15, -0.1) is 0 Å². The third kappa shape index (κ3) is 3.34. The standard InChI is InChI=1S/C14H19N5/c1-4-15-13-9-14(17-10-16-13)18-11-7-5-6-8-12(11)19(2)3/h5-10H,4H2,1-3H3,(H2,15,16,17,18). The molecule has 19 heavy (non-hydrogen) atoms. The first kappa shape index (κ1) is 13.1. The topological polar surface area (TPSA) is 53.1 Å². The fourth-order valence-corrected chi connectivity index (χ4v) is 1.81. The van der Waals surface area contributed by atoms with E-state index in [1.807, 2.05) is 45.3 Å². The van der Waals surface area contributed by atoms with Crippen molar-refractivity contribution < 1.29 is 0 Å². The van der Waals surface area contributed by atoms with Gasteiger partial charge < -0.3 is 15.5 Å². The van der Waals surface area contributed by atoms with E-state index in [0.29, 0.717) is 0 Å². The molecule has 0 aliphatic heterocycles. The van der Waals surface area contributed by atoms with Crippen molar-refractivity contribution >= 4 is 23.0 Å². The fourth-order valence-electron chi connectivity index (χ4n) is 1.81. The smallest absolute Gasteiger partial charge is 0.135 e. The molecule has 0 unspecified atom stereocenters. The number of nitrogens with zero attached hydrogens (tertiary/aromatic N) is 3. The number of rotatable bonds is 5. The Balaban J connectivity index is 2.23. The summed E-state index contributed by atoms with van der Waals surface area (Å²) in [5, 5.41) is 6.49. The van der Waals surface area contributed by atoms with Gasteiger partial charge in [0.2, 0.25) is 0 Å². The zero-order chi connectivity index (χ0) is 13.7. The maximum Gasteiger partial charge on any atom is 0.135 e. The molecular weight excluding hydrogens is 238 g/mol. The second kappa shape index (κ2) is 6.04. The maximum atomic E-state index is 4.24. The first-order valence-electron chi connectivity index (χ1n) is 6.30. The molecule has 100 valence electrons. The van der Waals surface area contributed by atoms with Crippen LogP contribution < -0.4 is 15.5 Å². The summed E-state index contributed by atoms with van der Waals surface area (Å²) in [5.41, 5.74) is 2.14. The summed E-state index contributed by atoms with van der Waals surface area (Å²) in [6.07, 6.45) is 1.55. The average Bonchev–Trinajstić information content (AvgIpc) is 2.40. The number of para-hydroxylation sites is 2. The van der Waals surface area contributed by atoms with Gasteiger partial charge in [0.05, 0.1) is 11.4 Å². The molecule has 0 fully saturated rings. The van der Waals surface area contributed by atoms with E-state index in [1.54, 1.807) is 6.33 Å². The average molecular weight is 257 g/mol. The fraction of sp³-hybridized carbons (Fsp3) is 0.286. The minimum Gasteiger partial charge on any atom is -0.376 e. The normalized spacial score (nSPS) is 10.1. The van der Waals surface area contributed by atoms with Crippen molar-refractivity contribution in [2.45, 2.75) is 6.92 Å². The van der Waals surface area contributed by atoms with Crippen molar-refractivity contribution in [3.8, 4) is 0 Å². The monoisotopic (exact) mass is 257 g/mol. The molecule has 0 radical (unpaired) electrons. The predicted molar refractivity (Wildman–Crippen MR) is 80.2 cm³/mol. The van der Waals surface area contributed by atoms with Gasteiger partial charge in [-0.3, -0.25) is 0 Å². The van der Waals surface area contributed by atoms with Crippen molar-refractivity contribution in [3.05, 3.63) is 36.7 Å². The molecule has 5 heteroatoms. The van der Waals surface area contributed by atoms with Gasteiger partial charge in [-0.1, -0.05) is 12.1 Å². The molecule has 5 nitrogen and oxygen atoms in total. The van der Waals surface area contributed by atoms with Gasteiger partial charge >= 0.3 is 0 Å². The molecule has 2 aromatic rings. The van der Waals surface area contributed by atoms with Gasteiger partial charge in [-0.05, 0) is 19.1 Å². The van der Waals surface area contributed by atoms with Crippen LogP contribution in [-0.2, 0) is 0 Å². The van der Waals surface area contributed by atoms with Crippen molar-refractivity contribution in [2.24, 2.45) is 0 Å². The van der Waals surface area contributed by atoms with Gasteiger partial charge in [0.25, 0.3) is 0 Å². The van der Waals surface area contributed by atoms with Crippen LogP contribution in [0.5, 0.6) is 0 Å². The van der Waals surface area contributed by atoms with Crippen LogP contribution in [-0.4, -0.2) is 30.6 Å². The van der Waals surface area contributed by atoms with Crippen LogP contribution >= 0.6 is 0 Å². The molecule has 0 atom stereocenters. The highest BCUT2D eigenvalue weighted by atomic mass is 15.1. The van der Waals surface area contributed by atoms with Gasteiger partial charge in [0.1, 0.15) is 18.0 Å². The van der Waals surface area contributed by atoms with Crippen LogP contribution in [0.15, 0.2) is 36.7 Å². The highest BCUT2D eigenvalue weighted by molar-refractivity contribution is 5.74. The van der Waals surface area contributed by atoms with Gasteiger partial charge in [0.15, 0.2) is 0 Å². The van der Waals surface area contributed by atoms with Crippen LogP contribution in [0.4, 0.5) is 23.0 Å². The van der Waals surface area contributed by atoms with Gasteiger partial charge in [-0.25, -0.2) is 9.97 Å². The number of aromatic nitrogens is 2. The molecule has 0 aliphatic rings. The Morgan fingerprint density at radius 2 is 1.84 bits per heavy atom. The lowest BCUT2D eigenvalue weighted by Crippen LogP contribution is -2.11. The lowest BCUT2D eigenvalue weighted by molar-refractivity contribution is 1.11. The lowest BCUT2D eigenvalue weighted by Gasteiger charge is -2.18. The van der Waals surface area contributed by atoms with Crippen LogP contribution in [0, 0.1) is 0 Å². The summed E-state index contributed by atoms with van der Waals surface area (Å²) in [5.74, 6) is 1.60. The Morgan fingerprint density at radius 1 is 1.11 bits per heavy atom. The van der Waals surface area contributed by atoms with Crippen molar-refractivity contribution in [2.75, 3.05) is 36.2 Å². The summed E-state index contributed by atoms with van der Waals surface area (Å²) in [6.45, 7) is 2.88. The molecule has 2 N–H and O–H groups in total. The molecule has 0 saturated heterocycles. The summed E-state index contributed by atoms with van der Waals surface area (Å²) < 4.78 is 0. The summed E-state index contributed by atoms with van der Waals surface area (Å²) >= 11 is 0. The van der Waals surface area contributed by atoms with E-state index in [1.165, 1.54) is 0 Å². The minimum absolute atomic E-state index is 0.778. The lowest BCUT2D eigenvalue weighted by atomic mass is 10.2. The number of anilines is 4. The minimum atomic E-state index is 0.778. The molecule has 2 rings (SSSR count). The predicted octanol–water partition coefficient (Wildman–Crippen LogP) is 2.72. The summed E-state index contributed by atoms with van der Waals surface area (Å²) in [7, 11) is 4.04. The van der Waals surface area contributed by atoms with Crippen LogP contribution in [0.3, 0.4) is 0 Å². The zero-order valence-electron chi connectivity index (χ0n) is 11.5. The molecule has 1 heterocycles. The van der Waals surface area contributed by atoms with Crippen molar-refractivity contribution in [1.82, 2.24) is 9.97 Å². The highest BCUT2D eigenvalue weighted by Gasteiger charge is 2.05. The van der Waals surface area contributed by atoms with E-state index in [2.05, 4.69) is 31.6 Å². The quantitative estimate of drug-likeness (QED) is 0.862. The molecule has 1 aromatic carbocycles. The first-order chi connectivity index (χ1) is 9.20. The third-order valence-electron chi connectivity index (χ3n) is 2.67. The highest BCUT2D eigenvalue weighted by Crippen LogP contribution is 2.26. The zero-order valence-corrected chi connectivity index (χ0v) is 11.5. The molecule has 0 amide bonds. The first-order valence-corrected chi connectivity index (χ1v) is 6.30. The van der Waals surface area contributed by atoms with E-state index < -0.39 is 0 Å². The molecular formula is C14H19N5. The number of benzene rings is 1. The molecule has 0 spiro atoms. The van der Waals surface area contributed by atoms with E-state index in [4.69, 9.17) is 0 Å². The Hall–Kier alpha value is -2.30. The van der Waals surface area contributed by atoms with E-state index in [9.17, 15) is 0 Å². The van der Waals surface area contributed by atoms with Gasteiger partial charge in [-0.2, -0.15) is 0 Å². The number of hydrogen-bond donors (Lipinski definition) is 2. The molecule has 1 aromatic heterocycles. The van der Waals surface area contributed by atoms with Crippen LogP contribution in [0.1, 0.15) is 6.92 Å². The van der Waals surface area contributed by atoms with E-state index in [-0.39, 0.29) is 0 Å². The Labute approximate surface area is 113 Å². The van der Waals surface area contributed by atoms with Crippen LogP contribution in [0.2, 0.25) is 0 Å². The summed E-state index contributed by atoms with van der Waals surface area (Å²) in [6, 6.07) is 10.0. The van der Waals surface area contributed by atoms with Gasteiger partial charge in [0, 0.05) is 26.7 Å². The molecule has 0 aliphatic carbocycles. The Bertz CT molecular complexity index is 539. The molecule has 0 bridgehead atoms. The molecule has 0 saturated carbocycles. The summed E-state index contributed by atoms with van der Waals surface area (Å²) in [4.78, 5) is 10.5. The van der Waals surface area contributed by atoms with E-state index >= 15 is 0 Å².